The lowest BCUT2D eigenvalue weighted by atomic mass is 9.96. The van der Waals surface area contributed by atoms with Gasteiger partial charge in [-0.15, -0.1) is 0 Å². The van der Waals surface area contributed by atoms with Crippen molar-refractivity contribution in [1.29, 1.82) is 0 Å². The van der Waals surface area contributed by atoms with Gasteiger partial charge in [-0.2, -0.15) is 0 Å². The molecule has 1 atom stereocenters. The summed E-state index contributed by atoms with van der Waals surface area (Å²) in [4.78, 5) is 20.8. The van der Waals surface area contributed by atoms with Gasteiger partial charge >= 0.3 is 6.09 Å². The van der Waals surface area contributed by atoms with Crippen LogP contribution in [0, 0.1) is 5.92 Å². The Kier molecular flexibility index (Phi) is 6.21. The fourth-order valence-electron chi connectivity index (χ4n) is 3.04. The number of hydrogen-bond acceptors (Lipinski definition) is 4. The Labute approximate surface area is 146 Å². The van der Waals surface area contributed by atoms with Crippen LogP contribution in [0.15, 0.2) is 24.4 Å². The number of ether oxygens (including phenoxy) is 1. The first-order chi connectivity index (χ1) is 11.3. The zero-order valence-corrected chi connectivity index (χ0v) is 15.7. The third kappa shape index (κ3) is 5.48. The molecule has 1 aliphatic rings. The molecule has 1 aliphatic heterocycles. The Bertz CT molecular complexity index is 519. The van der Waals surface area contributed by atoms with Crippen LogP contribution in [0.3, 0.4) is 0 Å². The third-order valence-corrected chi connectivity index (χ3v) is 4.59. The number of hydrogen-bond donors (Lipinski definition) is 0. The molecule has 0 saturated carbocycles. The van der Waals surface area contributed by atoms with Crippen LogP contribution in [-0.4, -0.2) is 53.2 Å². The van der Waals surface area contributed by atoms with Gasteiger partial charge < -0.3 is 9.64 Å². The van der Waals surface area contributed by atoms with Gasteiger partial charge in [0.25, 0.3) is 0 Å². The molecule has 0 N–H and O–H groups in total. The topological polar surface area (TPSA) is 45.7 Å². The van der Waals surface area contributed by atoms with Crippen molar-refractivity contribution >= 4 is 6.09 Å². The van der Waals surface area contributed by atoms with Crippen molar-refractivity contribution < 1.29 is 9.53 Å². The summed E-state index contributed by atoms with van der Waals surface area (Å²) in [6, 6.07) is 6.36. The Balaban J connectivity index is 1.79. The Morgan fingerprint density at radius 3 is 2.58 bits per heavy atom. The maximum absolute atomic E-state index is 12.1. The largest absolute Gasteiger partial charge is 0.444 e. The molecule has 1 aromatic heterocycles. The van der Waals surface area contributed by atoms with Crippen molar-refractivity contribution in [2.75, 3.05) is 26.7 Å². The van der Waals surface area contributed by atoms with Crippen LogP contribution in [0.5, 0.6) is 0 Å². The van der Waals surface area contributed by atoms with Crippen LogP contribution in [0.2, 0.25) is 0 Å². The first-order valence-electron chi connectivity index (χ1n) is 8.85. The maximum atomic E-state index is 12.1. The van der Waals surface area contributed by atoms with E-state index in [-0.39, 0.29) is 6.09 Å². The normalized spacial score (nSPS) is 17.8. The average Bonchev–Trinajstić information content (AvgIpc) is 2.54. The van der Waals surface area contributed by atoms with Crippen LogP contribution < -0.4 is 0 Å². The second kappa shape index (κ2) is 7.97. The molecule has 1 saturated heterocycles. The zero-order valence-electron chi connectivity index (χ0n) is 15.7. The van der Waals surface area contributed by atoms with Gasteiger partial charge in [0, 0.05) is 31.9 Å². The fraction of sp³-hybridized carbons (Fsp3) is 0.684. The van der Waals surface area contributed by atoms with Crippen LogP contribution >= 0.6 is 0 Å². The molecule has 0 unspecified atom stereocenters. The van der Waals surface area contributed by atoms with E-state index in [4.69, 9.17) is 4.74 Å². The minimum atomic E-state index is -0.424. The molecule has 5 nitrogen and oxygen atoms in total. The number of pyridine rings is 1. The number of likely N-dealkylation sites (tertiary alicyclic amines) is 1. The van der Waals surface area contributed by atoms with E-state index in [0.717, 1.165) is 38.2 Å². The Morgan fingerprint density at radius 1 is 1.38 bits per heavy atom. The SMILES string of the molecule is C[C@@H](c1ccccn1)N(C)CC1CCN(C(=O)OC(C)(C)C)CC1. The van der Waals surface area contributed by atoms with Gasteiger partial charge in [0.2, 0.25) is 0 Å². The molecule has 0 radical (unpaired) electrons. The number of nitrogens with zero attached hydrogens (tertiary/aromatic N) is 3. The molecule has 134 valence electrons. The van der Waals surface area contributed by atoms with Crippen LogP contribution in [-0.2, 0) is 4.74 Å². The summed E-state index contributed by atoms with van der Waals surface area (Å²) in [5.41, 5.74) is 0.679. The van der Waals surface area contributed by atoms with Gasteiger partial charge in [0.05, 0.1) is 5.69 Å². The third-order valence-electron chi connectivity index (χ3n) is 4.59. The Hall–Kier alpha value is -1.62. The first-order valence-corrected chi connectivity index (χ1v) is 8.85. The predicted octanol–water partition coefficient (Wildman–Crippen LogP) is 3.72. The molecule has 0 spiro atoms. The lowest BCUT2D eigenvalue weighted by Crippen LogP contribution is -2.43. The smallest absolute Gasteiger partial charge is 0.410 e. The van der Waals surface area contributed by atoms with Crippen molar-refractivity contribution in [3.8, 4) is 0 Å². The molecular formula is C19H31N3O2. The number of carbonyl (C=O) groups is 1. The summed E-state index contributed by atoms with van der Waals surface area (Å²) in [5, 5.41) is 0. The van der Waals surface area contributed by atoms with Crippen LogP contribution in [0.25, 0.3) is 0 Å². The fourth-order valence-corrected chi connectivity index (χ4v) is 3.04. The van der Waals surface area contributed by atoms with E-state index >= 15 is 0 Å². The molecular weight excluding hydrogens is 302 g/mol. The highest BCUT2D eigenvalue weighted by atomic mass is 16.6. The highest BCUT2D eigenvalue weighted by Crippen LogP contribution is 2.23. The van der Waals surface area contributed by atoms with E-state index in [2.05, 4.69) is 29.9 Å². The van der Waals surface area contributed by atoms with Gasteiger partial charge in [0.1, 0.15) is 5.60 Å². The van der Waals surface area contributed by atoms with Gasteiger partial charge in [-0.05, 0) is 65.6 Å². The molecule has 0 aromatic carbocycles. The van der Waals surface area contributed by atoms with E-state index in [1.807, 2.05) is 44.0 Å². The van der Waals surface area contributed by atoms with Crippen LogP contribution in [0.4, 0.5) is 4.79 Å². The summed E-state index contributed by atoms with van der Waals surface area (Å²) in [7, 11) is 2.15. The van der Waals surface area contributed by atoms with Crippen molar-refractivity contribution in [3.05, 3.63) is 30.1 Å². The quantitative estimate of drug-likeness (QED) is 0.842. The molecule has 24 heavy (non-hydrogen) atoms. The molecule has 2 rings (SSSR count). The van der Waals surface area contributed by atoms with Gasteiger partial charge in [-0.1, -0.05) is 6.07 Å². The molecule has 1 amide bonds. The van der Waals surface area contributed by atoms with E-state index < -0.39 is 5.60 Å². The number of carbonyl (C=O) groups excluding carboxylic acids is 1. The van der Waals surface area contributed by atoms with Gasteiger partial charge in [-0.3, -0.25) is 9.88 Å². The summed E-state index contributed by atoms with van der Waals surface area (Å²) in [5.74, 6) is 0.611. The number of amides is 1. The number of rotatable bonds is 4. The summed E-state index contributed by atoms with van der Waals surface area (Å²) in [6.45, 7) is 10.5. The molecule has 0 bridgehead atoms. The van der Waals surface area contributed by atoms with Crippen molar-refractivity contribution in [3.63, 3.8) is 0 Å². The second-order valence-corrected chi connectivity index (χ2v) is 7.78. The molecule has 2 heterocycles. The lowest BCUT2D eigenvalue weighted by molar-refractivity contribution is 0.0168. The van der Waals surface area contributed by atoms with E-state index in [1.54, 1.807) is 0 Å². The summed E-state index contributed by atoms with van der Waals surface area (Å²) >= 11 is 0. The predicted molar refractivity (Wildman–Crippen MR) is 95.8 cm³/mol. The first kappa shape index (κ1) is 18.7. The Morgan fingerprint density at radius 2 is 2.04 bits per heavy atom. The minimum Gasteiger partial charge on any atom is -0.444 e. The van der Waals surface area contributed by atoms with E-state index in [0.29, 0.717) is 12.0 Å². The second-order valence-electron chi connectivity index (χ2n) is 7.78. The van der Waals surface area contributed by atoms with E-state index in [1.165, 1.54) is 0 Å². The highest BCUT2D eigenvalue weighted by Gasteiger charge is 2.28. The van der Waals surface area contributed by atoms with Crippen molar-refractivity contribution in [2.45, 2.75) is 52.2 Å². The minimum absolute atomic E-state index is 0.184. The lowest BCUT2D eigenvalue weighted by Gasteiger charge is -2.36. The van der Waals surface area contributed by atoms with E-state index in [9.17, 15) is 4.79 Å². The number of aromatic nitrogens is 1. The van der Waals surface area contributed by atoms with Crippen LogP contribution in [0.1, 0.15) is 52.3 Å². The maximum Gasteiger partial charge on any atom is 0.410 e. The summed E-state index contributed by atoms with van der Waals surface area (Å²) in [6.07, 6.45) is 3.71. The van der Waals surface area contributed by atoms with Crippen molar-refractivity contribution in [1.82, 2.24) is 14.8 Å². The average molecular weight is 333 g/mol. The number of piperidine rings is 1. The molecule has 1 aromatic rings. The zero-order chi connectivity index (χ0) is 17.7. The highest BCUT2D eigenvalue weighted by molar-refractivity contribution is 5.68. The van der Waals surface area contributed by atoms with Gasteiger partial charge in [-0.25, -0.2) is 4.79 Å². The molecule has 5 heteroatoms. The van der Waals surface area contributed by atoms with Gasteiger partial charge in [0.15, 0.2) is 0 Å². The standard InChI is InChI=1S/C19H31N3O2/c1-15(17-8-6-7-11-20-17)21(5)14-16-9-12-22(13-10-16)18(23)24-19(2,3)4/h6-8,11,15-16H,9-10,12-14H2,1-5H3/t15-/m0/s1. The summed E-state index contributed by atoms with van der Waals surface area (Å²) < 4.78 is 5.46. The molecule has 0 aliphatic carbocycles. The van der Waals surface area contributed by atoms with Crippen molar-refractivity contribution in [2.24, 2.45) is 5.92 Å². The molecule has 1 fully saturated rings. The monoisotopic (exact) mass is 333 g/mol.